The zero-order chi connectivity index (χ0) is 16.5. The van der Waals surface area contributed by atoms with E-state index in [2.05, 4.69) is 16.5 Å². The van der Waals surface area contributed by atoms with Gasteiger partial charge in [-0.1, -0.05) is 25.0 Å². The van der Waals surface area contributed by atoms with E-state index in [1.54, 1.807) is 6.20 Å². The van der Waals surface area contributed by atoms with Crippen LogP contribution in [-0.4, -0.2) is 22.2 Å². The maximum atomic E-state index is 12.0. The zero-order valence-corrected chi connectivity index (χ0v) is 13.7. The molecule has 5 nitrogen and oxygen atoms in total. The van der Waals surface area contributed by atoms with Crippen LogP contribution in [0.15, 0.2) is 42.7 Å². The average molecular weight is 314 g/mol. The molecule has 0 saturated carbocycles. The van der Waals surface area contributed by atoms with Crippen LogP contribution < -0.4 is 11.1 Å². The predicted octanol–water partition coefficient (Wildman–Crippen LogP) is 2.96. The molecule has 0 aliphatic carbocycles. The van der Waals surface area contributed by atoms with Gasteiger partial charge < -0.3 is 11.1 Å². The summed E-state index contributed by atoms with van der Waals surface area (Å²) in [6.07, 6.45) is 8.36. The number of carbonyl (C=O) groups is 1. The van der Waals surface area contributed by atoms with E-state index in [4.69, 9.17) is 5.73 Å². The number of amides is 1. The molecule has 1 unspecified atom stereocenters. The first kappa shape index (κ1) is 17.2. The van der Waals surface area contributed by atoms with Crippen molar-refractivity contribution >= 4 is 5.91 Å². The molecule has 0 aliphatic heterocycles. The minimum atomic E-state index is -0.0120. The molecule has 0 saturated heterocycles. The van der Waals surface area contributed by atoms with Gasteiger partial charge in [-0.05, 0) is 50.1 Å². The lowest BCUT2D eigenvalue weighted by molar-refractivity contribution is -0.121. The molecule has 2 aromatic rings. The molecule has 3 N–H and O–H groups in total. The Hall–Kier alpha value is -2.14. The van der Waals surface area contributed by atoms with Crippen LogP contribution in [0.25, 0.3) is 5.69 Å². The molecule has 1 aromatic carbocycles. The highest BCUT2D eigenvalue weighted by Crippen LogP contribution is 2.17. The minimum absolute atomic E-state index is 0.0120. The fourth-order valence-electron chi connectivity index (χ4n) is 2.54. The van der Waals surface area contributed by atoms with E-state index < -0.39 is 0 Å². The third-order valence-electron chi connectivity index (χ3n) is 3.87. The first-order chi connectivity index (χ1) is 11.2. The summed E-state index contributed by atoms with van der Waals surface area (Å²) >= 11 is 0. The van der Waals surface area contributed by atoms with E-state index in [0.29, 0.717) is 6.42 Å². The highest BCUT2D eigenvalue weighted by atomic mass is 16.1. The molecule has 0 bridgehead atoms. The maximum Gasteiger partial charge on any atom is 0.220 e. The van der Waals surface area contributed by atoms with Gasteiger partial charge in [0.15, 0.2) is 0 Å². The number of rotatable bonds is 9. The third-order valence-corrected chi connectivity index (χ3v) is 3.87. The lowest BCUT2D eigenvalue weighted by atomic mass is 10.1. The molecule has 2 rings (SSSR count). The van der Waals surface area contributed by atoms with Gasteiger partial charge in [0.1, 0.15) is 0 Å². The van der Waals surface area contributed by atoms with Gasteiger partial charge in [0.05, 0.1) is 11.7 Å². The number of hydrogen-bond acceptors (Lipinski definition) is 3. The summed E-state index contributed by atoms with van der Waals surface area (Å²) in [5.74, 6) is 0.106. The van der Waals surface area contributed by atoms with E-state index in [-0.39, 0.29) is 11.9 Å². The number of nitrogens with zero attached hydrogens (tertiary/aromatic N) is 2. The van der Waals surface area contributed by atoms with Crippen LogP contribution in [0, 0.1) is 0 Å². The summed E-state index contributed by atoms with van der Waals surface area (Å²) < 4.78 is 1.81. The van der Waals surface area contributed by atoms with Crippen molar-refractivity contribution in [2.24, 2.45) is 5.73 Å². The Morgan fingerprint density at radius 3 is 2.83 bits per heavy atom. The second-order valence-corrected chi connectivity index (χ2v) is 5.79. The fraction of sp³-hybridized carbons (Fsp3) is 0.444. The van der Waals surface area contributed by atoms with Crippen molar-refractivity contribution in [3.8, 4) is 5.69 Å². The molecule has 1 amide bonds. The largest absolute Gasteiger partial charge is 0.350 e. The molecule has 5 heteroatoms. The highest BCUT2D eigenvalue weighted by Gasteiger charge is 2.10. The second kappa shape index (κ2) is 9.10. The summed E-state index contributed by atoms with van der Waals surface area (Å²) in [4.78, 5) is 12.0. The number of benzene rings is 1. The highest BCUT2D eigenvalue weighted by molar-refractivity contribution is 5.76. The Bertz CT molecular complexity index is 595. The van der Waals surface area contributed by atoms with Gasteiger partial charge in [0.2, 0.25) is 5.91 Å². The molecule has 0 radical (unpaired) electrons. The zero-order valence-electron chi connectivity index (χ0n) is 13.7. The van der Waals surface area contributed by atoms with Crippen molar-refractivity contribution in [3.63, 3.8) is 0 Å². The van der Waals surface area contributed by atoms with Gasteiger partial charge in [-0.3, -0.25) is 4.79 Å². The summed E-state index contributed by atoms with van der Waals surface area (Å²) in [5.41, 5.74) is 7.54. The fourth-order valence-corrected chi connectivity index (χ4v) is 2.54. The van der Waals surface area contributed by atoms with E-state index in [1.165, 1.54) is 0 Å². The summed E-state index contributed by atoms with van der Waals surface area (Å²) in [7, 11) is 0. The molecular formula is C18H26N4O. The molecule has 1 atom stereocenters. The van der Waals surface area contributed by atoms with Crippen molar-refractivity contribution in [2.45, 2.75) is 45.1 Å². The quantitative estimate of drug-likeness (QED) is 0.699. The van der Waals surface area contributed by atoms with Crippen LogP contribution in [0.2, 0.25) is 0 Å². The van der Waals surface area contributed by atoms with Gasteiger partial charge in [-0.25, -0.2) is 4.68 Å². The van der Waals surface area contributed by atoms with Crippen molar-refractivity contribution in [1.29, 1.82) is 0 Å². The average Bonchev–Trinajstić information content (AvgIpc) is 3.09. The van der Waals surface area contributed by atoms with Crippen molar-refractivity contribution in [2.75, 3.05) is 6.54 Å². The molecule has 1 heterocycles. The van der Waals surface area contributed by atoms with Crippen LogP contribution in [0.4, 0.5) is 0 Å². The van der Waals surface area contributed by atoms with Gasteiger partial charge in [-0.15, -0.1) is 0 Å². The standard InChI is InChI=1S/C18H26N4O/c1-15(21-18(23)10-4-2-3-5-11-19)16-8-6-9-17(14-16)22-13-7-12-20-22/h6-9,12-15H,2-5,10-11,19H2,1H3,(H,21,23). The molecule has 23 heavy (non-hydrogen) atoms. The first-order valence-corrected chi connectivity index (χ1v) is 8.30. The van der Waals surface area contributed by atoms with Crippen LogP contribution in [0.3, 0.4) is 0 Å². The predicted molar refractivity (Wildman–Crippen MR) is 92.3 cm³/mol. The number of unbranched alkanes of at least 4 members (excludes halogenated alkanes) is 3. The molecule has 1 aromatic heterocycles. The number of nitrogens with one attached hydrogen (secondary N) is 1. The summed E-state index contributed by atoms with van der Waals surface area (Å²) in [5, 5.41) is 7.30. The van der Waals surface area contributed by atoms with E-state index >= 15 is 0 Å². The van der Waals surface area contributed by atoms with Crippen molar-refractivity contribution < 1.29 is 4.79 Å². The van der Waals surface area contributed by atoms with E-state index in [0.717, 1.165) is 43.5 Å². The van der Waals surface area contributed by atoms with Gasteiger partial charge in [0.25, 0.3) is 0 Å². The number of aromatic nitrogens is 2. The molecule has 0 spiro atoms. The molecular weight excluding hydrogens is 288 g/mol. The third kappa shape index (κ3) is 5.53. The maximum absolute atomic E-state index is 12.0. The Labute approximate surface area is 137 Å². The number of nitrogens with two attached hydrogens (primary N) is 1. The number of carbonyl (C=O) groups excluding carboxylic acids is 1. The van der Waals surface area contributed by atoms with Gasteiger partial charge >= 0.3 is 0 Å². The lowest BCUT2D eigenvalue weighted by Crippen LogP contribution is -2.26. The monoisotopic (exact) mass is 314 g/mol. The van der Waals surface area contributed by atoms with Crippen LogP contribution in [0.5, 0.6) is 0 Å². The second-order valence-electron chi connectivity index (χ2n) is 5.79. The Morgan fingerprint density at radius 1 is 1.26 bits per heavy atom. The van der Waals surface area contributed by atoms with Crippen molar-refractivity contribution in [3.05, 3.63) is 48.3 Å². The topological polar surface area (TPSA) is 72.9 Å². The molecule has 0 fully saturated rings. The minimum Gasteiger partial charge on any atom is -0.350 e. The Balaban J connectivity index is 1.84. The first-order valence-electron chi connectivity index (χ1n) is 8.30. The Morgan fingerprint density at radius 2 is 2.09 bits per heavy atom. The van der Waals surface area contributed by atoms with Gasteiger partial charge in [-0.2, -0.15) is 5.10 Å². The molecule has 0 aliphatic rings. The normalized spacial score (nSPS) is 12.1. The lowest BCUT2D eigenvalue weighted by Gasteiger charge is -2.15. The van der Waals surface area contributed by atoms with Crippen LogP contribution >= 0.6 is 0 Å². The van der Waals surface area contributed by atoms with Crippen molar-refractivity contribution in [1.82, 2.24) is 15.1 Å². The summed E-state index contributed by atoms with van der Waals surface area (Å²) in [6.45, 7) is 2.74. The van der Waals surface area contributed by atoms with Crippen LogP contribution in [-0.2, 0) is 4.79 Å². The Kier molecular flexibility index (Phi) is 6.81. The van der Waals surface area contributed by atoms with E-state index in [9.17, 15) is 4.79 Å². The van der Waals surface area contributed by atoms with E-state index in [1.807, 2.05) is 42.1 Å². The van der Waals surface area contributed by atoms with Crippen LogP contribution in [0.1, 0.15) is 50.6 Å². The smallest absolute Gasteiger partial charge is 0.220 e. The molecule has 124 valence electrons. The van der Waals surface area contributed by atoms with Gasteiger partial charge in [0, 0.05) is 18.8 Å². The number of hydrogen-bond donors (Lipinski definition) is 2. The SMILES string of the molecule is CC(NC(=O)CCCCCCN)c1cccc(-n2cccn2)c1. The summed E-state index contributed by atoms with van der Waals surface area (Å²) in [6, 6.07) is 9.95.